The van der Waals surface area contributed by atoms with Crippen molar-refractivity contribution in [1.29, 1.82) is 0 Å². The minimum atomic E-state index is -0.806. The van der Waals surface area contributed by atoms with E-state index in [1.165, 1.54) is 44.9 Å². The molecule has 0 rings (SSSR count). The second kappa shape index (κ2) is 44.3. The van der Waals surface area contributed by atoms with E-state index in [2.05, 4.69) is 93.7 Å². The average molecular weight is 779 g/mol. The summed E-state index contributed by atoms with van der Waals surface area (Å²) in [6, 6.07) is 0. The van der Waals surface area contributed by atoms with Gasteiger partial charge in [-0.2, -0.15) is 0 Å². The van der Waals surface area contributed by atoms with E-state index in [1.807, 2.05) is 12.2 Å². The lowest BCUT2D eigenvalue weighted by Gasteiger charge is -2.18. The first-order chi connectivity index (χ1) is 27.5. The van der Waals surface area contributed by atoms with Crippen molar-refractivity contribution in [2.75, 3.05) is 13.2 Å². The fourth-order valence-electron chi connectivity index (χ4n) is 5.75. The van der Waals surface area contributed by atoms with Gasteiger partial charge in [0.2, 0.25) is 0 Å². The molecule has 0 aromatic rings. The predicted octanol–water partition coefficient (Wildman–Crippen LogP) is 14.5. The fourth-order valence-corrected chi connectivity index (χ4v) is 5.75. The molecule has 0 radical (unpaired) electrons. The van der Waals surface area contributed by atoms with Crippen molar-refractivity contribution < 1.29 is 28.6 Å². The van der Waals surface area contributed by atoms with Gasteiger partial charge >= 0.3 is 17.9 Å². The molecule has 0 bridgehead atoms. The SMILES string of the molecule is CC/C=C\C/C=C\C/C=C\C/C=C\C/C=C\C/C=C\CCC(=O)OCC(COC(=O)CCCCCCC)OC(=O)CCCCCCC/C=C\CCCCCCC. The molecule has 0 aromatic heterocycles. The molecule has 0 saturated carbocycles. The fraction of sp³-hybridized carbons (Fsp3) is 0.660. The first-order valence-electron chi connectivity index (χ1n) is 22.6. The van der Waals surface area contributed by atoms with Crippen LogP contribution in [0.3, 0.4) is 0 Å². The number of ether oxygens (including phenoxy) is 3. The van der Waals surface area contributed by atoms with Crippen LogP contribution in [0.5, 0.6) is 0 Å². The standard InChI is InChI=1S/C50H82O6/c1-4-7-10-13-15-17-19-21-23-24-25-26-27-29-30-32-34-37-40-43-49(52)55-46-47(45-54-48(51)42-39-36-12-9-6-3)56-50(53)44-41-38-35-33-31-28-22-20-18-16-14-11-8-5-2/h7,10,15,17,20-23,25-26,29-30,34,37,47H,4-6,8-9,11-14,16,18-19,24,27-28,31-33,35-36,38-46H2,1-3H3/b10-7-,17-15-,22-20-,23-21-,26-25-,30-29-,37-34-. The van der Waals surface area contributed by atoms with E-state index < -0.39 is 6.10 Å². The molecule has 318 valence electrons. The van der Waals surface area contributed by atoms with Gasteiger partial charge in [-0.1, -0.05) is 176 Å². The van der Waals surface area contributed by atoms with Gasteiger partial charge in [0.05, 0.1) is 0 Å². The summed E-state index contributed by atoms with van der Waals surface area (Å²) in [5.41, 5.74) is 0. The summed E-state index contributed by atoms with van der Waals surface area (Å²) in [7, 11) is 0. The Bertz CT molecular complexity index is 1120. The van der Waals surface area contributed by atoms with Crippen LogP contribution < -0.4 is 0 Å². The molecule has 0 heterocycles. The highest BCUT2D eigenvalue weighted by Gasteiger charge is 2.19. The maximum atomic E-state index is 12.7. The Kier molecular flexibility index (Phi) is 41.6. The van der Waals surface area contributed by atoms with Gasteiger partial charge in [0, 0.05) is 19.3 Å². The van der Waals surface area contributed by atoms with E-state index in [-0.39, 0.29) is 37.5 Å². The largest absolute Gasteiger partial charge is 0.462 e. The third kappa shape index (κ3) is 41.7. The van der Waals surface area contributed by atoms with Crippen LogP contribution in [-0.4, -0.2) is 37.2 Å². The zero-order chi connectivity index (χ0) is 40.8. The van der Waals surface area contributed by atoms with E-state index in [0.29, 0.717) is 19.3 Å². The Hall–Kier alpha value is -3.41. The molecular weight excluding hydrogens is 697 g/mol. The number of unbranched alkanes of at least 4 members (excludes halogenated alkanes) is 14. The van der Waals surface area contributed by atoms with Crippen molar-refractivity contribution in [2.24, 2.45) is 0 Å². The minimum absolute atomic E-state index is 0.105. The van der Waals surface area contributed by atoms with Crippen LogP contribution in [0.1, 0.15) is 194 Å². The van der Waals surface area contributed by atoms with Gasteiger partial charge in [-0.3, -0.25) is 14.4 Å². The number of allylic oxidation sites excluding steroid dienone is 14. The number of hydrogen-bond donors (Lipinski definition) is 0. The van der Waals surface area contributed by atoms with Gasteiger partial charge in [-0.05, 0) is 83.5 Å². The van der Waals surface area contributed by atoms with Crippen LogP contribution in [-0.2, 0) is 28.6 Å². The van der Waals surface area contributed by atoms with Crippen LogP contribution in [0.2, 0.25) is 0 Å². The molecule has 0 amide bonds. The maximum absolute atomic E-state index is 12.7. The Balaban J connectivity index is 4.38. The summed E-state index contributed by atoms with van der Waals surface area (Å²) in [5, 5.41) is 0. The second-order valence-electron chi connectivity index (χ2n) is 14.6. The molecule has 0 spiro atoms. The first kappa shape index (κ1) is 52.6. The summed E-state index contributed by atoms with van der Waals surface area (Å²) < 4.78 is 16.5. The average Bonchev–Trinajstić information content (AvgIpc) is 3.19. The lowest BCUT2D eigenvalue weighted by Crippen LogP contribution is -2.30. The van der Waals surface area contributed by atoms with Gasteiger partial charge in [0.25, 0.3) is 0 Å². The Morgan fingerprint density at radius 2 is 0.732 bits per heavy atom. The molecule has 1 atom stereocenters. The maximum Gasteiger partial charge on any atom is 0.306 e. The molecule has 0 fully saturated rings. The summed E-state index contributed by atoms with van der Waals surface area (Å²) >= 11 is 0. The van der Waals surface area contributed by atoms with Gasteiger partial charge in [-0.15, -0.1) is 0 Å². The van der Waals surface area contributed by atoms with Gasteiger partial charge < -0.3 is 14.2 Å². The van der Waals surface area contributed by atoms with E-state index >= 15 is 0 Å². The van der Waals surface area contributed by atoms with Crippen molar-refractivity contribution in [2.45, 2.75) is 200 Å². The minimum Gasteiger partial charge on any atom is -0.462 e. The summed E-state index contributed by atoms with van der Waals surface area (Å²) in [6.45, 7) is 6.33. The van der Waals surface area contributed by atoms with Crippen molar-refractivity contribution >= 4 is 17.9 Å². The highest BCUT2D eigenvalue weighted by Crippen LogP contribution is 2.12. The zero-order valence-electron chi connectivity index (χ0n) is 36.1. The monoisotopic (exact) mass is 779 g/mol. The third-order valence-electron chi connectivity index (χ3n) is 9.15. The first-order valence-corrected chi connectivity index (χ1v) is 22.6. The Morgan fingerprint density at radius 1 is 0.375 bits per heavy atom. The number of carbonyl (C=O) groups is 3. The smallest absolute Gasteiger partial charge is 0.306 e. The number of carbonyl (C=O) groups excluding carboxylic acids is 3. The molecule has 0 N–H and O–H groups in total. The van der Waals surface area contributed by atoms with Crippen molar-refractivity contribution in [3.8, 4) is 0 Å². The molecular formula is C50H82O6. The lowest BCUT2D eigenvalue weighted by molar-refractivity contribution is -0.166. The predicted molar refractivity (Wildman–Crippen MR) is 237 cm³/mol. The molecule has 6 heteroatoms. The summed E-state index contributed by atoms with van der Waals surface area (Å²) in [4.78, 5) is 37.4. The van der Waals surface area contributed by atoms with Crippen LogP contribution in [0.15, 0.2) is 85.1 Å². The molecule has 0 aliphatic rings. The molecule has 56 heavy (non-hydrogen) atoms. The number of hydrogen-bond acceptors (Lipinski definition) is 6. The molecule has 0 aliphatic carbocycles. The molecule has 0 aromatic carbocycles. The van der Waals surface area contributed by atoms with E-state index in [9.17, 15) is 14.4 Å². The van der Waals surface area contributed by atoms with Crippen molar-refractivity contribution in [1.82, 2.24) is 0 Å². The van der Waals surface area contributed by atoms with E-state index in [0.717, 1.165) is 103 Å². The van der Waals surface area contributed by atoms with Crippen LogP contribution in [0.4, 0.5) is 0 Å². The molecule has 0 aliphatic heterocycles. The highest BCUT2D eigenvalue weighted by atomic mass is 16.6. The lowest BCUT2D eigenvalue weighted by atomic mass is 10.1. The van der Waals surface area contributed by atoms with Crippen molar-refractivity contribution in [3.05, 3.63) is 85.1 Å². The normalized spacial score (nSPS) is 12.8. The third-order valence-corrected chi connectivity index (χ3v) is 9.15. The summed E-state index contributed by atoms with van der Waals surface area (Å²) in [6.07, 6.45) is 56.1. The van der Waals surface area contributed by atoms with Gasteiger partial charge in [0.1, 0.15) is 13.2 Å². The zero-order valence-corrected chi connectivity index (χ0v) is 36.1. The molecule has 6 nitrogen and oxygen atoms in total. The van der Waals surface area contributed by atoms with E-state index in [1.54, 1.807) is 0 Å². The quantitative estimate of drug-likeness (QED) is 0.0268. The van der Waals surface area contributed by atoms with E-state index in [4.69, 9.17) is 14.2 Å². The van der Waals surface area contributed by atoms with Gasteiger partial charge in [-0.25, -0.2) is 0 Å². The Labute approximate surface area is 344 Å². The van der Waals surface area contributed by atoms with Crippen molar-refractivity contribution in [3.63, 3.8) is 0 Å². The highest BCUT2D eigenvalue weighted by molar-refractivity contribution is 5.71. The van der Waals surface area contributed by atoms with Crippen LogP contribution >= 0.6 is 0 Å². The summed E-state index contributed by atoms with van der Waals surface area (Å²) in [5.74, 6) is -1.02. The number of esters is 3. The van der Waals surface area contributed by atoms with Gasteiger partial charge in [0.15, 0.2) is 6.10 Å². The van der Waals surface area contributed by atoms with Crippen LogP contribution in [0, 0.1) is 0 Å². The second-order valence-corrected chi connectivity index (χ2v) is 14.6. The topological polar surface area (TPSA) is 78.9 Å². The number of rotatable bonds is 39. The Morgan fingerprint density at radius 3 is 1.20 bits per heavy atom. The van der Waals surface area contributed by atoms with Crippen LogP contribution in [0.25, 0.3) is 0 Å². The molecule has 1 unspecified atom stereocenters. The molecule has 0 saturated heterocycles.